The minimum atomic E-state index is 0.668. The summed E-state index contributed by atoms with van der Waals surface area (Å²) in [5, 5.41) is 9.23. The van der Waals surface area contributed by atoms with Gasteiger partial charge in [0.25, 0.3) is 0 Å². The molecule has 0 aliphatic heterocycles. The molecule has 4 heteroatoms. The van der Waals surface area contributed by atoms with Gasteiger partial charge in [-0.25, -0.2) is 4.98 Å². The molecule has 0 atom stereocenters. The number of nitrogens with zero attached hydrogens (tertiary/aromatic N) is 3. The first-order chi connectivity index (χ1) is 11.8. The van der Waals surface area contributed by atoms with Gasteiger partial charge >= 0.3 is 0 Å². The molecule has 0 saturated heterocycles. The second kappa shape index (κ2) is 7.47. The van der Waals surface area contributed by atoms with Crippen molar-refractivity contribution in [3.63, 3.8) is 0 Å². The van der Waals surface area contributed by atoms with Gasteiger partial charge in [-0.2, -0.15) is 5.26 Å². The zero-order chi connectivity index (χ0) is 16.8. The van der Waals surface area contributed by atoms with Crippen LogP contribution in [-0.2, 0) is 19.4 Å². The van der Waals surface area contributed by atoms with E-state index in [1.807, 2.05) is 48.8 Å². The molecule has 3 rings (SSSR count). The van der Waals surface area contributed by atoms with Crippen molar-refractivity contribution in [1.82, 2.24) is 9.55 Å². The highest BCUT2D eigenvalue weighted by Crippen LogP contribution is 2.15. The van der Waals surface area contributed by atoms with Gasteiger partial charge < -0.3 is 9.30 Å². The Bertz CT molecular complexity index is 844. The molecule has 0 amide bonds. The van der Waals surface area contributed by atoms with E-state index in [9.17, 15) is 5.26 Å². The number of imidazole rings is 1. The molecule has 0 aliphatic rings. The number of rotatable bonds is 6. The maximum atomic E-state index is 9.23. The predicted molar refractivity (Wildman–Crippen MR) is 92.9 cm³/mol. The van der Waals surface area contributed by atoms with Crippen molar-refractivity contribution in [3.05, 3.63) is 83.4 Å². The highest BCUT2D eigenvalue weighted by Gasteiger charge is 2.07. The van der Waals surface area contributed by atoms with Crippen LogP contribution in [0, 0.1) is 11.3 Å². The van der Waals surface area contributed by atoms with Crippen molar-refractivity contribution in [3.8, 4) is 11.8 Å². The average Bonchev–Trinajstić information content (AvgIpc) is 3.08. The molecule has 0 spiro atoms. The van der Waals surface area contributed by atoms with Gasteiger partial charge in [0.05, 0.1) is 25.3 Å². The lowest BCUT2D eigenvalue weighted by Gasteiger charge is -2.09. The average molecular weight is 317 g/mol. The fraction of sp³-hybridized carbons (Fsp3) is 0.200. The number of benzene rings is 2. The molecule has 1 aromatic heterocycles. The lowest BCUT2D eigenvalue weighted by atomic mass is 10.1. The highest BCUT2D eigenvalue weighted by molar-refractivity contribution is 5.37. The third-order valence-corrected chi connectivity index (χ3v) is 4.08. The fourth-order valence-corrected chi connectivity index (χ4v) is 2.71. The molecule has 0 aliphatic carbocycles. The zero-order valence-corrected chi connectivity index (χ0v) is 13.6. The molecule has 0 unspecified atom stereocenters. The van der Waals surface area contributed by atoms with E-state index < -0.39 is 0 Å². The summed E-state index contributed by atoms with van der Waals surface area (Å²) in [5.41, 5.74) is 2.98. The van der Waals surface area contributed by atoms with Crippen molar-refractivity contribution in [1.29, 1.82) is 5.26 Å². The Labute approximate surface area is 142 Å². The van der Waals surface area contributed by atoms with E-state index in [0.717, 1.165) is 30.0 Å². The van der Waals surface area contributed by atoms with Crippen LogP contribution in [0.1, 0.15) is 22.5 Å². The quantitative estimate of drug-likeness (QED) is 0.698. The molecular weight excluding hydrogens is 298 g/mol. The number of methoxy groups -OCH3 is 1. The number of nitriles is 1. The molecular formula is C20H19N3O. The van der Waals surface area contributed by atoms with E-state index in [4.69, 9.17) is 4.74 Å². The summed E-state index contributed by atoms with van der Waals surface area (Å²) in [6, 6.07) is 18.1. The number of ether oxygens (including phenoxy) is 1. The number of hydrogen-bond acceptors (Lipinski definition) is 3. The highest BCUT2D eigenvalue weighted by atomic mass is 16.5. The Morgan fingerprint density at radius 2 is 1.88 bits per heavy atom. The molecule has 4 nitrogen and oxygen atoms in total. The fourth-order valence-electron chi connectivity index (χ4n) is 2.71. The summed E-state index contributed by atoms with van der Waals surface area (Å²) in [6.45, 7) is 0.668. The smallest absolute Gasteiger partial charge is 0.118 e. The second-order valence-corrected chi connectivity index (χ2v) is 5.59. The van der Waals surface area contributed by atoms with Crippen molar-refractivity contribution in [2.45, 2.75) is 19.4 Å². The Morgan fingerprint density at radius 1 is 1.08 bits per heavy atom. The Balaban J connectivity index is 1.70. The lowest BCUT2D eigenvalue weighted by Crippen LogP contribution is -2.07. The van der Waals surface area contributed by atoms with Gasteiger partial charge in [-0.1, -0.05) is 30.3 Å². The van der Waals surface area contributed by atoms with Gasteiger partial charge in [0.2, 0.25) is 0 Å². The Hall–Kier alpha value is -3.06. The normalized spacial score (nSPS) is 10.3. The number of aryl methyl sites for hydroxylation is 2. The van der Waals surface area contributed by atoms with E-state index in [1.54, 1.807) is 7.11 Å². The van der Waals surface area contributed by atoms with E-state index >= 15 is 0 Å². The van der Waals surface area contributed by atoms with Gasteiger partial charge in [-0.3, -0.25) is 0 Å². The van der Waals surface area contributed by atoms with Crippen LogP contribution < -0.4 is 4.74 Å². The molecule has 0 fully saturated rings. The SMILES string of the molecule is COc1ccc(CCc2nccn2Cc2ccccc2C#N)cc1. The van der Waals surface area contributed by atoms with Gasteiger partial charge in [0, 0.05) is 18.8 Å². The first kappa shape index (κ1) is 15.8. The standard InChI is InChI=1S/C20H19N3O/c1-24-19-9-6-16(7-10-19)8-11-20-22-12-13-23(20)15-18-5-3-2-4-17(18)14-21/h2-7,9-10,12-13H,8,11,15H2,1H3. The molecule has 0 saturated carbocycles. The minimum Gasteiger partial charge on any atom is -0.497 e. The predicted octanol–water partition coefficient (Wildman–Crippen LogP) is 3.60. The summed E-state index contributed by atoms with van der Waals surface area (Å²) in [6.07, 6.45) is 5.56. The van der Waals surface area contributed by atoms with Crippen LogP contribution in [0.5, 0.6) is 5.75 Å². The largest absolute Gasteiger partial charge is 0.497 e. The molecule has 2 aromatic carbocycles. The second-order valence-electron chi connectivity index (χ2n) is 5.59. The monoisotopic (exact) mass is 317 g/mol. The Morgan fingerprint density at radius 3 is 2.62 bits per heavy atom. The molecule has 1 heterocycles. The topological polar surface area (TPSA) is 50.8 Å². The van der Waals surface area contributed by atoms with Crippen LogP contribution in [0.2, 0.25) is 0 Å². The zero-order valence-electron chi connectivity index (χ0n) is 13.6. The van der Waals surface area contributed by atoms with Crippen LogP contribution in [0.3, 0.4) is 0 Å². The van der Waals surface area contributed by atoms with Crippen molar-refractivity contribution < 1.29 is 4.74 Å². The molecule has 0 N–H and O–H groups in total. The van der Waals surface area contributed by atoms with Crippen LogP contribution >= 0.6 is 0 Å². The third-order valence-electron chi connectivity index (χ3n) is 4.08. The maximum absolute atomic E-state index is 9.23. The Kier molecular flexibility index (Phi) is 4.93. The van der Waals surface area contributed by atoms with Crippen molar-refractivity contribution in [2.24, 2.45) is 0 Å². The van der Waals surface area contributed by atoms with Crippen LogP contribution in [0.25, 0.3) is 0 Å². The van der Waals surface area contributed by atoms with Crippen molar-refractivity contribution in [2.75, 3.05) is 7.11 Å². The molecule has 0 radical (unpaired) electrons. The van der Waals surface area contributed by atoms with Gasteiger partial charge in [-0.05, 0) is 35.7 Å². The van der Waals surface area contributed by atoms with Crippen molar-refractivity contribution >= 4 is 0 Å². The van der Waals surface area contributed by atoms with E-state index in [-0.39, 0.29) is 0 Å². The van der Waals surface area contributed by atoms with Crippen LogP contribution in [-0.4, -0.2) is 16.7 Å². The first-order valence-corrected chi connectivity index (χ1v) is 7.91. The third kappa shape index (κ3) is 3.64. The van der Waals surface area contributed by atoms with Gasteiger partial charge in [0.1, 0.15) is 11.6 Å². The van der Waals surface area contributed by atoms with Gasteiger partial charge in [0.15, 0.2) is 0 Å². The minimum absolute atomic E-state index is 0.668. The summed E-state index contributed by atoms with van der Waals surface area (Å²) < 4.78 is 7.29. The molecule has 3 aromatic rings. The molecule has 24 heavy (non-hydrogen) atoms. The molecule has 120 valence electrons. The number of aromatic nitrogens is 2. The first-order valence-electron chi connectivity index (χ1n) is 7.91. The van der Waals surface area contributed by atoms with E-state index in [2.05, 4.69) is 27.8 Å². The summed E-state index contributed by atoms with van der Waals surface area (Å²) >= 11 is 0. The van der Waals surface area contributed by atoms with Gasteiger partial charge in [-0.15, -0.1) is 0 Å². The molecule has 0 bridgehead atoms. The summed E-state index contributed by atoms with van der Waals surface area (Å²) in [5.74, 6) is 1.90. The van der Waals surface area contributed by atoms with Crippen LogP contribution in [0.15, 0.2) is 60.9 Å². The lowest BCUT2D eigenvalue weighted by molar-refractivity contribution is 0.414. The van der Waals surface area contributed by atoms with E-state index in [0.29, 0.717) is 12.1 Å². The van der Waals surface area contributed by atoms with Crippen LogP contribution in [0.4, 0.5) is 0 Å². The van der Waals surface area contributed by atoms with E-state index in [1.165, 1.54) is 5.56 Å². The number of hydrogen-bond donors (Lipinski definition) is 0. The maximum Gasteiger partial charge on any atom is 0.118 e. The summed E-state index contributed by atoms with van der Waals surface area (Å²) in [4.78, 5) is 4.47. The summed E-state index contributed by atoms with van der Waals surface area (Å²) in [7, 11) is 1.67.